The second-order valence-electron chi connectivity index (χ2n) is 16.9. The van der Waals surface area contributed by atoms with E-state index in [2.05, 4.69) is 92.1 Å². The summed E-state index contributed by atoms with van der Waals surface area (Å²) in [5.41, 5.74) is 0. The standard InChI is InChI=1S/C55H97NO3/c1-3-5-7-9-11-13-15-17-19-21-23-25-27-28-29-31-33-35-37-39-41-43-45-47-49-51-55(59)56-53(52-57)54(58)50-48-46-44-42-40-38-36-34-32-30-26-24-22-20-18-16-14-12-10-8-6-4-2/h5,7,11,13,17,19,23,25,28-29,33,35,48,50,53-54,57-58H,3-4,6,8-10,12,14-16,18,20-22,24,26-27,30-32,34,36-47,49,51-52H2,1-2H3,(H,56,59)/b7-5-,13-11-,19-17-,25-23-,29-28-,35-33-,50-48+. The zero-order valence-electron chi connectivity index (χ0n) is 39.0. The van der Waals surface area contributed by atoms with E-state index < -0.39 is 12.1 Å². The largest absolute Gasteiger partial charge is 0.394 e. The molecule has 2 atom stereocenters. The first-order valence-electron chi connectivity index (χ1n) is 25.3. The summed E-state index contributed by atoms with van der Waals surface area (Å²) in [5, 5.41) is 23.1. The number of unbranched alkanes of at least 4 members (excludes halogenated alkanes) is 26. The summed E-state index contributed by atoms with van der Waals surface area (Å²) < 4.78 is 0. The highest BCUT2D eigenvalue weighted by atomic mass is 16.3. The first-order valence-corrected chi connectivity index (χ1v) is 25.3. The van der Waals surface area contributed by atoms with Crippen molar-refractivity contribution in [1.29, 1.82) is 0 Å². The van der Waals surface area contributed by atoms with Crippen molar-refractivity contribution >= 4 is 5.91 Å². The van der Waals surface area contributed by atoms with Crippen molar-refractivity contribution < 1.29 is 15.0 Å². The quantitative estimate of drug-likeness (QED) is 0.0423. The number of carbonyl (C=O) groups excluding carboxylic acids is 1. The Bertz CT molecular complexity index is 1070. The summed E-state index contributed by atoms with van der Waals surface area (Å²) in [6.45, 7) is 4.20. The molecule has 1 amide bonds. The molecule has 2 unspecified atom stereocenters. The Hall–Kier alpha value is -2.43. The molecule has 0 bridgehead atoms. The molecule has 4 heteroatoms. The van der Waals surface area contributed by atoms with Crippen LogP contribution in [-0.2, 0) is 4.79 Å². The molecular formula is C55H97NO3. The first-order chi connectivity index (χ1) is 29.2. The van der Waals surface area contributed by atoms with Gasteiger partial charge in [0.15, 0.2) is 0 Å². The minimum atomic E-state index is -0.852. The highest BCUT2D eigenvalue weighted by Crippen LogP contribution is 2.16. The van der Waals surface area contributed by atoms with Crippen LogP contribution in [0.2, 0.25) is 0 Å². The highest BCUT2D eigenvalue weighted by Gasteiger charge is 2.17. The van der Waals surface area contributed by atoms with Crippen molar-refractivity contribution in [1.82, 2.24) is 5.32 Å². The summed E-state index contributed by atoms with van der Waals surface area (Å²) in [5.74, 6) is -0.0803. The minimum absolute atomic E-state index is 0.0803. The van der Waals surface area contributed by atoms with Gasteiger partial charge in [-0.15, -0.1) is 0 Å². The third kappa shape index (κ3) is 46.5. The number of hydrogen-bond donors (Lipinski definition) is 3. The Morgan fingerprint density at radius 1 is 0.424 bits per heavy atom. The number of carbonyl (C=O) groups is 1. The van der Waals surface area contributed by atoms with Crippen LogP contribution in [0, 0.1) is 0 Å². The molecular weight excluding hydrogens is 723 g/mol. The van der Waals surface area contributed by atoms with Crippen molar-refractivity contribution in [3.05, 3.63) is 85.1 Å². The molecule has 0 saturated heterocycles. The zero-order valence-corrected chi connectivity index (χ0v) is 39.0. The Morgan fingerprint density at radius 2 is 0.746 bits per heavy atom. The van der Waals surface area contributed by atoms with Crippen LogP contribution < -0.4 is 5.32 Å². The van der Waals surface area contributed by atoms with Gasteiger partial charge in [0.05, 0.1) is 18.8 Å². The van der Waals surface area contributed by atoms with Crippen molar-refractivity contribution in [2.45, 2.75) is 251 Å². The number of amides is 1. The summed E-state index contributed by atoms with van der Waals surface area (Å²) in [6.07, 6.45) is 72.8. The Kier molecular flexibility index (Phi) is 47.9. The third-order valence-corrected chi connectivity index (χ3v) is 11.1. The Labute approximate surface area is 367 Å². The van der Waals surface area contributed by atoms with Crippen LogP contribution in [-0.4, -0.2) is 34.9 Å². The van der Waals surface area contributed by atoms with Crippen LogP contribution in [0.5, 0.6) is 0 Å². The van der Waals surface area contributed by atoms with Crippen LogP contribution in [0.3, 0.4) is 0 Å². The fourth-order valence-electron chi connectivity index (χ4n) is 7.30. The van der Waals surface area contributed by atoms with E-state index in [0.717, 1.165) is 77.0 Å². The summed E-state index contributed by atoms with van der Waals surface area (Å²) in [6, 6.07) is -0.636. The van der Waals surface area contributed by atoms with Crippen LogP contribution in [0.4, 0.5) is 0 Å². The molecule has 3 N–H and O–H groups in total. The molecule has 0 fully saturated rings. The number of aliphatic hydroxyl groups excluding tert-OH is 2. The smallest absolute Gasteiger partial charge is 0.220 e. The lowest BCUT2D eigenvalue weighted by Gasteiger charge is -2.20. The van der Waals surface area contributed by atoms with E-state index in [-0.39, 0.29) is 12.5 Å². The maximum atomic E-state index is 12.4. The van der Waals surface area contributed by atoms with E-state index in [4.69, 9.17) is 0 Å². The molecule has 0 heterocycles. The summed E-state index contributed by atoms with van der Waals surface area (Å²) in [4.78, 5) is 12.4. The number of allylic oxidation sites excluding steroid dienone is 13. The molecule has 340 valence electrons. The van der Waals surface area contributed by atoms with E-state index in [1.807, 2.05) is 6.08 Å². The van der Waals surface area contributed by atoms with E-state index in [1.165, 1.54) is 141 Å². The van der Waals surface area contributed by atoms with Crippen LogP contribution in [0.1, 0.15) is 239 Å². The molecule has 0 aromatic rings. The van der Waals surface area contributed by atoms with E-state index in [0.29, 0.717) is 6.42 Å². The van der Waals surface area contributed by atoms with E-state index in [9.17, 15) is 15.0 Å². The molecule has 0 aromatic carbocycles. The van der Waals surface area contributed by atoms with Crippen molar-refractivity contribution in [3.63, 3.8) is 0 Å². The van der Waals surface area contributed by atoms with Gasteiger partial charge in [-0.3, -0.25) is 4.79 Å². The Balaban J connectivity index is 3.61. The maximum absolute atomic E-state index is 12.4. The van der Waals surface area contributed by atoms with Gasteiger partial charge in [0.1, 0.15) is 0 Å². The SMILES string of the molecule is CC/C=C\C/C=C\C/C=C\C/C=C\C/C=C\C/C=C\CCCCCCCCC(=O)NC(CO)C(O)/C=C/CCCCCCCCCCCCCCCCCCCCCC. The van der Waals surface area contributed by atoms with Crippen LogP contribution in [0.25, 0.3) is 0 Å². The average Bonchev–Trinajstić information content (AvgIpc) is 3.24. The Morgan fingerprint density at radius 3 is 1.12 bits per heavy atom. The van der Waals surface area contributed by atoms with Gasteiger partial charge in [-0.25, -0.2) is 0 Å². The molecule has 0 radical (unpaired) electrons. The maximum Gasteiger partial charge on any atom is 0.220 e. The lowest BCUT2D eigenvalue weighted by Crippen LogP contribution is -2.45. The molecule has 0 aliphatic heterocycles. The summed E-state index contributed by atoms with van der Waals surface area (Å²) >= 11 is 0. The molecule has 4 nitrogen and oxygen atoms in total. The molecule has 0 aliphatic carbocycles. The van der Waals surface area contributed by atoms with Crippen molar-refractivity contribution in [2.24, 2.45) is 0 Å². The normalized spacial score (nSPS) is 13.6. The fourth-order valence-corrected chi connectivity index (χ4v) is 7.30. The lowest BCUT2D eigenvalue weighted by atomic mass is 10.0. The topological polar surface area (TPSA) is 69.6 Å². The number of rotatable bonds is 45. The molecule has 0 aliphatic rings. The van der Waals surface area contributed by atoms with Gasteiger partial charge in [0.25, 0.3) is 0 Å². The zero-order chi connectivity index (χ0) is 42.8. The van der Waals surface area contributed by atoms with E-state index >= 15 is 0 Å². The molecule has 0 aromatic heterocycles. The van der Waals surface area contributed by atoms with Gasteiger partial charge in [-0.2, -0.15) is 0 Å². The predicted octanol–water partition coefficient (Wildman–Crippen LogP) is 16.4. The number of aliphatic hydroxyl groups is 2. The monoisotopic (exact) mass is 820 g/mol. The third-order valence-electron chi connectivity index (χ3n) is 11.1. The minimum Gasteiger partial charge on any atom is -0.394 e. The average molecular weight is 820 g/mol. The van der Waals surface area contributed by atoms with Crippen molar-refractivity contribution in [3.8, 4) is 0 Å². The van der Waals surface area contributed by atoms with Gasteiger partial charge in [-0.1, -0.05) is 247 Å². The van der Waals surface area contributed by atoms with Gasteiger partial charge < -0.3 is 15.5 Å². The second kappa shape index (κ2) is 49.9. The molecule has 59 heavy (non-hydrogen) atoms. The second-order valence-corrected chi connectivity index (χ2v) is 16.9. The number of nitrogens with one attached hydrogen (secondary N) is 1. The molecule has 0 rings (SSSR count). The van der Waals surface area contributed by atoms with Gasteiger partial charge >= 0.3 is 0 Å². The van der Waals surface area contributed by atoms with Gasteiger partial charge in [0, 0.05) is 6.42 Å². The lowest BCUT2D eigenvalue weighted by molar-refractivity contribution is -0.123. The summed E-state index contributed by atoms with van der Waals surface area (Å²) in [7, 11) is 0. The van der Waals surface area contributed by atoms with Crippen LogP contribution >= 0.6 is 0 Å². The van der Waals surface area contributed by atoms with Gasteiger partial charge in [-0.05, 0) is 70.6 Å². The predicted molar refractivity (Wildman–Crippen MR) is 262 cm³/mol. The van der Waals surface area contributed by atoms with Crippen molar-refractivity contribution in [2.75, 3.05) is 6.61 Å². The van der Waals surface area contributed by atoms with E-state index in [1.54, 1.807) is 6.08 Å². The van der Waals surface area contributed by atoms with Gasteiger partial charge in [0.2, 0.25) is 5.91 Å². The fraction of sp³-hybridized carbons (Fsp3) is 0.727. The molecule has 0 spiro atoms. The number of hydrogen-bond acceptors (Lipinski definition) is 3. The highest BCUT2D eigenvalue weighted by molar-refractivity contribution is 5.76. The molecule has 0 saturated carbocycles. The van der Waals surface area contributed by atoms with Crippen LogP contribution in [0.15, 0.2) is 85.1 Å². The first kappa shape index (κ1) is 56.6.